The molecule has 0 bridgehead atoms. The quantitative estimate of drug-likeness (QED) is 0.712. The lowest BCUT2D eigenvalue weighted by atomic mass is 10.1. The maximum atomic E-state index is 11.6. The fraction of sp³-hybridized carbons (Fsp3) is 0.167. The zero-order valence-corrected chi connectivity index (χ0v) is 10.1. The van der Waals surface area contributed by atoms with E-state index >= 15 is 0 Å². The predicted molar refractivity (Wildman–Crippen MR) is 67.9 cm³/mol. The molecule has 0 radical (unpaired) electrons. The highest BCUT2D eigenvalue weighted by atomic mass is 32.1. The number of aromatic hydroxyl groups is 1. The zero-order valence-electron chi connectivity index (χ0n) is 9.28. The number of hydrogen-bond donors (Lipinski definition) is 3. The average molecular weight is 248 g/mol. The number of nitrogens with one attached hydrogen (secondary N) is 2. The first kappa shape index (κ1) is 11.6. The molecule has 0 aliphatic heterocycles. The summed E-state index contributed by atoms with van der Waals surface area (Å²) in [5.74, 6) is -0.167. The largest absolute Gasteiger partial charge is 0.494 e. The van der Waals surface area contributed by atoms with Crippen LogP contribution in [0.2, 0.25) is 0 Å². The minimum absolute atomic E-state index is 0.125. The summed E-state index contributed by atoms with van der Waals surface area (Å²) in [7, 11) is 0. The Balaban J connectivity index is 2.40. The zero-order chi connectivity index (χ0) is 12.4. The lowest BCUT2D eigenvalue weighted by molar-refractivity contribution is 0.443. The van der Waals surface area contributed by atoms with E-state index in [0.717, 1.165) is 11.1 Å². The van der Waals surface area contributed by atoms with Gasteiger partial charge < -0.3 is 10.1 Å². The van der Waals surface area contributed by atoms with Gasteiger partial charge in [-0.15, -0.1) is 0 Å². The summed E-state index contributed by atoms with van der Waals surface area (Å²) < 4.78 is 0.125. The van der Waals surface area contributed by atoms with Crippen molar-refractivity contribution in [2.75, 3.05) is 0 Å². The van der Waals surface area contributed by atoms with E-state index in [0.29, 0.717) is 12.0 Å². The van der Waals surface area contributed by atoms with Gasteiger partial charge in [0.2, 0.25) is 0 Å². The van der Waals surface area contributed by atoms with Crippen molar-refractivity contribution < 1.29 is 5.11 Å². The van der Waals surface area contributed by atoms with Gasteiger partial charge in [0.1, 0.15) is 0 Å². The molecule has 0 saturated heterocycles. The molecule has 3 N–H and O–H groups in total. The second-order valence-electron chi connectivity index (χ2n) is 3.90. The number of aromatic amines is 2. The van der Waals surface area contributed by atoms with Crippen LogP contribution in [0.25, 0.3) is 0 Å². The molecule has 5 heteroatoms. The van der Waals surface area contributed by atoms with Crippen molar-refractivity contribution >= 4 is 12.2 Å². The summed E-state index contributed by atoms with van der Waals surface area (Å²) in [6, 6.07) is 7.78. The van der Waals surface area contributed by atoms with E-state index in [9.17, 15) is 9.90 Å². The smallest absolute Gasteiger partial charge is 0.259 e. The number of H-pyrrole nitrogens is 2. The summed E-state index contributed by atoms with van der Waals surface area (Å²) >= 11 is 4.76. The number of hydrogen-bond acceptors (Lipinski definition) is 3. The SMILES string of the molecule is Cc1ccc(Cc2c(O)[nH]c(=S)[nH]c2=O)cc1. The number of benzene rings is 1. The monoisotopic (exact) mass is 248 g/mol. The van der Waals surface area contributed by atoms with Crippen molar-refractivity contribution in [3.8, 4) is 5.88 Å². The van der Waals surface area contributed by atoms with Gasteiger partial charge in [-0.2, -0.15) is 0 Å². The second kappa shape index (κ2) is 4.55. The van der Waals surface area contributed by atoms with Crippen LogP contribution in [0.15, 0.2) is 29.1 Å². The van der Waals surface area contributed by atoms with Crippen molar-refractivity contribution in [3.05, 3.63) is 56.1 Å². The molecule has 0 fully saturated rings. The molecule has 0 spiro atoms. The Morgan fingerprint density at radius 3 is 2.47 bits per heavy atom. The van der Waals surface area contributed by atoms with Crippen LogP contribution in [0.3, 0.4) is 0 Å². The van der Waals surface area contributed by atoms with Gasteiger partial charge in [-0.1, -0.05) is 29.8 Å². The molecular formula is C12H12N2O2S. The van der Waals surface area contributed by atoms with E-state index in [1.165, 1.54) is 0 Å². The van der Waals surface area contributed by atoms with E-state index in [-0.39, 0.29) is 16.2 Å². The van der Waals surface area contributed by atoms with Crippen LogP contribution in [0.5, 0.6) is 5.88 Å². The van der Waals surface area contributed by atoms with Gasteiger partial charge in [-0.05, 0) is 24.7 Å². The molecule has 0 atom stereocenters. The van der Waals surface area contributed by atoms with Crippen LogP contribution in [0.1, 0.15) is 16.7 Å². The van der Waals surface area contributed by atoms with Crippen LogP contribution in [-0.2, 0) is 6.42 Å². The molecule has 0 amide bonds. The molecule has 0 unspecified atom stereocenters. The van der Waals surface area contributed by atoms with Crippen LogP contribution in [0, 0.1) is 11.7 Å². The Kier molecular flexibility index (Phi) is 3.10. The fourth-order valence-electron chi connectivity index (χ4n) is 1.57. The maximum Gasteiger partial charge on any atom is 0.259 e. The summed E-state index contributed by atoms with van der Waals surface area (Å²) in [6.07, 6.45) is 0.369. The van der Waals surface area contributed by atoms with Crippen molar-refractivity contribution in [2.45, 2.75) is 13.3 Å². The fourth-order valence-corrected chi connectivity index (χ4v) is 1.76. The molecule has 0 aliphatic carbocycles. The first-order valence-corrected chi connectivity index (χ1v) is 5.57. The molecule has 17 heavy (non-hydrogen) atoms. The van der Waals surface area contributed by atoms with E-state index in [4.69, 9.17) is 12.2 Å². The predicted octanol–water partition coefficient (Wildman–Crippen LogP) is 2.04. The van der Waals surface area contributed by atoms with Crippen LogP contribution in [-0.4, -0.2) is 15.1 Å². The Morgan fingerprint density at radius 2 is 1.88 bits per heavy atom. The standard InChI is InChI=1S/C12H12N2O2S/c1-7-2-4-8(5-3-7)6-9-10(15)13-12(17)14-11(9)16/h2-5H,6H2,1H3,(H3,13,14,15,16,17). The highest BCUT2D eigenvalue weighted by molar-refractivity contribution is 7.71. The molecule has 88 valence electrons. The Morgan fingerprint density at radius 1 is 1.24 bits per heavy atom. The topological polar surface area (TPSA) is 68.9 Å². The van der Waals surface area contributed by atoms with E-state index in [1.54, 1.807) is 0 Å². The minimum Gasteiger partial charge on any atom is -0.494 e. The summed E-state index contributed by atoms with van der Waals surface area (Å²) in [5.41, 5.74) is 2.05. The van der Waals surface area contributed by atoms with Crippen LogP contribution >= 0.6 is 12.2 Å². The minimum atomic E-state index is -0.355. The second-order valence-corrected chi connectivity index (χ2v) is 4.31. The maximum absolute atomic E-state index is 11.6. The van der Waals surface area contributed by atoms with Gasteiger partial charge >= 0.3 is 0 Å². The van der Waals surface area contributed by atoms with Gasteiger partial charge in [0.15, 0.2) is 10.7 Å². The molecule has 4 nitrogen and oxygen atoms in total. The molecule has 2 aromatic rings. The van der Waals surface area contributed by atoms with Gasteiger partial charge in [-0.3, -0.25) is 9.78 Å². The Labute approximate surface area is 103 Å². The van der Waals surface area contributed by atoms with Gasteiger partial charge in [0.05, 0.1) is 5.56 Å². The lowest BCUT2D eigenvalue weighted by Gasteiger charge is -2.04. The van der Waals surface area contributed by atoms with Gasteiger partial charge in [0.25, 0.3) is 5.56 Å². The highest BCUT2D eigenvalue weighted by Gasteiger charge is 2.08. The Hall–Kier alpha value is -1.88. The van der Waals surface area contributed by atoms with Crippen molar-refractivity contribution in [3.63, 3.8) is 0 Å². The first-order chi connectivity index (χ1) is 8.06. The van der Waals surface area contributed by atoms with E-state index in [1.807, 2.05) is 31.2 Å². The third-order valence-electron chi connectivity index (χ3n) is 2.52. The number of rotatable bonds is 2. The molecule has 1 aromatic heterocycles. The third kappa shape index (κ3) is 2.62. The molecule has 1 heterocycles. The summed E-state index contributed by atoms with van der Waals surface area (Å²) in [5, 5.41) is 9.65. The van der Waals surface area contributed by atoms with Crippen LogP contribution < -0.4 is 5.56 Å². The molecule has 0 aliphatic rings. The summed E-state index contributed by atoms with van der Waals surface area (Å²) in [4.78, 5) is 16.6. The highest BCUT2D eigenvalue weighted by Crippen LogP contribution is 2.13. The third-order valence-corrected chi connectivity index (χ3v) is 2.72. The molecule has 2 rings (SSSR count). The van der Waals surface area contributed by atoms with E-state index in [2.05, 4.69) is 9.97 Å². The summed E-state index contributed by atoms with van der Waals surface area (Å²) in [6.45, 7) is 1.99. The van der Waals surface area contributed by atoms with Gasteiger partial charge in [0, 0.05) is 6.42 Å². The normalized spacial score (nSPS) is 10.4. The Bertz CT molecular complexity index is 641. The molecular weight excluding hydrogens is 236 g/mol. The first-order valence-electron chi connectivity index (χ1n) is 5.16. The van der Waals surface area contributed by atoms with Gasteiger partial charge in [-0.25, -0.2) is 0 Å². The number of aromatic nitrogens is 2. The van der Waals surface area contributed by atoms with Crippen molar-refractivity contribution in [1.29, 1.82) is 0 Å². The lowest BCUT2D eigenvalue weighted by Crippen LogP contribution is -2.14. The number of aryl methyl sites for hydroxylation is 1. The van der Waals surface area contributed by atoms with Crippen molar-refractivity contribution in [2.24, 2.45) is 0 Å². The van der Waals surface area contributed by atoms with Crippen molar-refractivity contribution in [1.82, 2.24) is 9.97 Å². The van der Waals surface area contributed by atoms with E-state index < -0.39 is 0 Å². The molecule has 1 aromatic carbocycles. The van der Waals surface area contributed by atoms with Crippen LogP contribution in [0.4, 0.5) is 0 Å². The average Bonchev–Trinajstić information content (AvgIpc) is 2.26. The molecule has 0 saturated carbocycles.